The molecule has 1 fully saturated rings. The number of hydrogen-bond donors (Lipinski definition) is 1. The van der Waals surface area contributed by atoms with E-state index in [1.165, 1.54) is 20.0 Å². The van der Waals surface area contributed by atoms with Gasteiger partial charge in [0.2, 0.25) is 0 Å². The van der Waals surface area contributed by atoms with Gasteiger partial charge >= 0.3 is 0 Å². The first kappa shape index (κ1) is 12.4. The highest BCUT2D eigenvalue weighted by molar-refractivity contribution is 5.31. The zero-order chi connectivity index (χ0) is 12.3. The average molecular weight is 237 g/mol. The van der Waals surface area contributed by atoms with E-state index in [1.807, 2.05) is 19.2 Å². The fraction of sp³-hybridized carbons (Fsp3) is 0.571. The van der Waals surface area contributed by atoms with Gasteiger partial charge in [-0.2, -0.15) is 0 Å². The lowest BCUT2D eigenvalue weighted by atomic mass is 9.97. The second-order valence-corrected chi connectivity index (χ2v) is 4.80. The van der Waals surface area contributed by atoms with E-state index in [2.05, 4.69) is 5.32 Å². The van der Waals surface area contributed by atoms with Crippen molar-refractivity contribution in [2.75, 3.05) is 14.2 Å². The van der Waals surface area contributed by atoms with Gasteiger partial charge in [-0.1, -0.05) is 12.1 Å². The van der Waals surface area contributed by atoms with Crippen molar-refractivity contribution in [3.63, 3.8) is 0 Å². The van der Waals surface area contributed by atoms with Crippen molar-refractivity contribution in [2.45, 2.75) is 31.7 Å². The molecule has 1 aromatic carbocycles. The molecule has 1 aromatic rings. The van der Waals surface area contributed by atoms with Gasteiger partial charge in [-0.25, -0.2) is 4.39 Å². The zero-order valence-electron chi connectivity index (χ0n) is 10.5. The number of benzene rings is 1. The van der Waals surface area contributed by atoms with E-state index >= 15 is 0 Å². The minimum atomic E-state index is -0.192. The molecule has 0 aromatic heterocycles. The number of rotatable bonds is 4. The average Bonchev–Trinajstić information content (AvgIpc) is 2.79. The van der Waals surface area contributed by atoms with Gasteiger partial charge in [-0.3, -0.25) is 0 Å². The smallest absolute Gasteiger partial charge is 0.168 e. The minimum Gasteiger partial charge on any atom is -0.494 e. The van der Waals surface area contributed by atoms with Gasteiger partial charge in [-0.15, -0.1) is 0 Å². The van der Waals surface area contributed by atoms with Crippen molar-refractivity contribution in [3.05, 3.63) is 29.6 Å². The summed E-state index contributed by atoms with van der Waals surface area (Å²) in [5, 5.41) is 3.30. The Balaban J connectivity index is 2.04. The van der Waals surface area contributed by atoms with Gasteiger partial charge in [-0.05, 0) is 50.3 Å². The van der Waals surface area contributed by atoms with Gasteiger partial charge in [0.15, 0.2) is 11.6 Å². The van der Waals surface area contributed by atoms with E-state index in [9.17, 15) is 4.39 Å². The van der Waals surface area contributed by atoms with Crippen LogP contribution in [0.2, 0.25) is 0 Å². The van der Waals surface area contributed by atoms with Crippen LogP contribution in [0.5, 0.6) is 5.75 Å². The van der Waals surface area contributed by atoms with Gasteiger partial charge in [0.05, 0.1) is 7.11 Å². The van der Waals surface area contributed by atoms with Crippen LogP contribution in [0.15, 0.2) is 18.2 Å². The highest BCUT2D eigenvalue weighted by Crippen LogP contribution is 2.30. The molecule has 2 unspecified atom stereocenters. The normalized spacial score (nSPS) is 23.9. The fourth-order valence-electron chi connectivity index (χ4n) is 2.71. The third-order valence-electron chi connectivity index (χ3n) is 3.72. The molecule has 17 heavy (non-hydrogen) atoms. The molecule has 0 amide bonds. The number of ether oxygens (including phenoxy) is 1. The lowest BCUT2D eigenvalue weighted by Crippen LogP contribution is -2.21. The van der Waals surface area contributed by atoms with Crippen molar-refractivity contribution in [2.24, 2.45) is 5.92 Å². The Kier molecular flexibility index (Phi) is 4.00. The standard InChI is InChI=1S/C14H20FNO/c1-16-12-7-6-10(9-12)8-11-4-3-5-13(17-2)14(11)15/h3-5,10,12,16H,6-9H2,1-2H3. The number of nitrogens with one attached hydrogen (secondary N) is 1. The van der Waals surface area contributed by atoms with E-state index < -0.39 is 0 Å². The predicted octanol–water partition coefficient (Wildman–Crippen LogP) is 2.76. The number of halogens is 1. The molecule has 1 aliphatic rings. The Hall–Kier alpha value is -1.09. The molecule has 1 N–H and O–H groups in total. The summed E-state index contributed by atoms with van der Waals surface area (Å²) in [6, 6.07) is 6.00. The first-order valence-electron chi connectivity index (χ1n) is 6.23. The summed E-state index contributed by atoms with van der Waals surface area (Å²) in [4.78, 5) is 0. The van der Waals surface area contributed by atoms with Gasteiger partial charge in [0, 0.05) is 6.04 Å². The Morgan fingerprint density at radius 3 is 2.88 bits per heavy atom. The topological polar surface area (TPSA) is 21.3 Å². The van der Waals surface area contributed by atoms with Gasteiger partial charge < -0.3 is 10.1 Å². The van der Waals surface area contributed by atoms with Crippen LogP contribution in [0.1, 0.15) is 24.8 Å². The molecule has 94 valence electrons. The van der Waals surface area contributed by atoms with Crippen LogP contribution < -0.4 is 10.1 Å². The summed E-state index contributed by atoms with van der Waals surface area (Å²) < 4.78 is 19.0. The zero-order valence-corrected chi connectivity index (χ0v) is 10.5. The molecule has 1 aliphatic carbocycles. The summed E-state index contributed by atoms with van der Waals surface area (Å²) in [5.41, 5.74) is 0.783. The van der Waals surface area contributed by atoms with Crippen LogP contribution >= 0.6 is 0 Å². The maximum atomic E-state index is 14.0. The lowest BCUT2D eigenvalue weighted by Gasteiger charge is -2.12. The Labute approximate surface area is 102 Å². The molecule has 3 heteroatoms. The summed E-state index contributed by atoms with van der Waals surface area (Å²) in [6.07, 6.45) is 4.35. The van der Waals surface area contributed by atoms with Crippen LogP contribution in [0, 0.1) is 11.7 Å². The number of hydrogen-bond acceptors (Lipinski definition) is 2. The maximum absolute atomic E-state index is 14.0. The summed E-state index contributed by atoms with van der Waals surface area (Å²) in [6.45, 7) is 0. The van der Waals surface area contributed by atoms with Crippen LogP contribution in [0.25, 0.3) is 0 Å². The second kappa shape index (κ2) is 5.50. The predicted molar refractivity (Wildman–Crippen MR) is 66.8 cm³/mol. The van der Waals surface area contributed by atoms with Crippen molar-refractivity contribution in [1.29, 1.82) is 0 Å². The van der Waals surface area contributed by atoms with Crippen LogP contribution in [0.3, 0.4) is 0 Å². The van der Waals surface area contributed by atoms with Crippen LogP contribution in [-0.4, -0.2) is 20.2 Å². The van der Waals surface area contributed by atoms with Gasteiger partial charge in [0.25, 0.3) is 0 Å². The molecule has 2 atom stereocenters. The highest BCUT2D eigenvalue weighted by atomic mass is 19.1. The highest BCUT2D eigenvalue weighted by Gasteiger charge is 2.24. The third kappa shape index (κ3) is 2.78. The minimum absolute atomic E-state index is 0.192. The first-order valence-corrected chi connectivity index (χ1v) is 6.23. The van der Waals surface area contributed by atoms with E-state index in [4.69, 9.17) is 4.74 Å². The molecule has 1 saturated carbocycles. The quantitative estimate of drug-likeness (QED) is 0.869. The molecule has 2 nitrogen and oxygen atoms in total. The van der Waals surface area contributed by atoms with Crippen molar-refractivity contribution >= 4 is 0 Å². The molecule has 0 spiro atoms. The Bertz CT molecular complexity index is 380. The van der Waals surface area contributed by atoms with Crippen molar-refractivity contribution in [1.82, 2.24) is 5.32 Å². The molecule has 2 rings (SSSR count). The molecule has 0 bridgehead atoms. The van der Waals surface area contributed by atoms with E-state index in [-0.39, 0.29) is 5.82 Å². The van der Waals surface area contributed by atoms with Gasteiger partial charge in [0.1, 0.15) is 0 Å². The lowest BCUT2D eigenvalue weighted by molar-refractivity contribution is 0.381. The fourth-order valence-corrected chi connectivity index (χ4v) is 2.71. The summed E-state index contributed by atoms with van der Waals surface area (Å²) in [5.74, 6) is 0.752. The molecular weight excluding hydrogens is 217 g/mol. The van der Waals surface area contributed by atoms with Crippen molar-refractivity contribution in [3.8, 4) is 5.75 Å². The molecule has 0 saturated heterocycles. The molecular formula is C14H20FNO. The second-order valence-electron chi connectivity index (χ2n) is 4.80. The SMILES string of the molecule is CNC1CCC(Cc2cccc(OC)c2F)C1. The summed E-state index contributed by atoms with van der Waals surface area (Å²) >= 11 is 0. The third-order valence-corrected chi connectivity index (χ3v) is 3.72. The first-order chi connectivity index (χ1) is 8.24. The maximum Gasteiger partial charge on any atom is 0.168 e. The summed E-state index contributed by atoms with van der Waals surface area (Å²) in [7, 11) is 3.51. The van der Waals surface area contributed by atoms with E-state index in [0.29, 0.717) is 17.7 Å². The van der Waals surface area contributed by atoms with Crippen molar-refractivity contribution < 1.29 is 9.13 Å². The molecule has 0 aliphatic heterocycles. The van der Waals surface area contributed by atoms with E-state index in [1.54, 1.807) is 6.07 Å². The Morgan fingerprint density at radius 1 is 1.41 bits per heavy atom. The van der Waals surface area contributed by atoms with Crippen LogP contribution in [-0.2, 0) is 6.42 Å². The largest absolute Gasteiger partial charge is 0.494 e. The monoisotopic (exact) mass is 237 g/mol. The molecule has 0 radical (unpaired) electrons. The Morgan fingerprint density at radius 2 is 2.24 bits per heavy atom. The van der Waals surface area contributed by atoms with Crippen LogP contribution in [0.4, 0.5) is 4.39 Å². The number of methoxy groups -OCH3 is 1. The molecule has 0 heterocycles. The van der Waals surface area contributed by atoms with E-state index in [0.717, 1.165) is 18.4 Å².